The number of aryl methyl sites for hydroxylation is 6. The molecular formula is C30H38N2O3S. The smallest absolute Gasteiger partial charge is 0.244 e. The summed E-state index contributed by atoms with van der Waals surface area (Å²) < 4.78 is 29.1. The summed E-state index contributed by atoms with van der Waals surface area (Å²) >= 11 is 0. The number of hydrogen-bond donors (Lipinski definition) is 1. The van der Waals surface area contributed by atoms with Crippen molar-refractivity contribution >= 4 is 15.9 Å². The van der Waals surface area contributed by atoms with Gasteiger partial charge in [-0.2, -0.15) is 4.31 Å². The van der Waals surface area contributed by atoms with Gasteiger partial charge in [-0.25, -0.2) is 8.42 Å². The van der Waals surface area contributed by atoms with Crippen LogP contribution >= 0.6 is 0 Å². The Morgan fingerprint density at radius 3 is 2.03 bits per heavy atom. The summed E-state index contributed by atoms with van der Waals surface area (Å²) in [5, 5.41) is 3.03. The summed E-state index contributed by atoms with van der Waals surface area (Å²) in [6.45, 7) is 13.6. The lowest BCUT2D eigenvalue weighted by molar-refractivity contribution is -0.121. The van der Waals surface area contributed by atoms with Crippen molar-refractivity contribution in [3.05, 3.63) is 99.1 Å². The second-order valence-electron chi connectivity index (χ2n) is 9.88. The van der Waals surface area contributed by atoms with Crippen molar-refractivity contribution in [2.75, 3.05) is 13.1 Å². The Morgan fingerprint density at radius 2 is 1.42 bits per heavy atom. The predicted molar refractivity (Wildman–Crippen MR) is 147 cm³/mol. The second-order valence-corrected chi connectivity index (χ2v) is 11.8. The minimum atomic E-state index is -3.89. The average Bonchev–Trinajstić information content (AvgIpc) is 2.78. The zero-order valence-electron chi connectivity index (χ0n) is 22.5. The lowest BCUT2D eigenvalue weighted by Gasteiger charge is -2.25. The SMILES string of the molecule is Cc1cc(C)c(S(=O)(=O)N(CCc2ccccc2)CC(=O)NC(C)c2cc(C)c(C)cc2C)c(C)c1. The summed E-state index contributed by atoms with van der Waals surface area (Å²) in [5.41, 5.74) is 7.92. The minimum absolute atomic E-state index is 0.212. The number of carbonyl (C=O) groups is 1. The van der Waals surface area contributed by atoms with Crippen LogP contribution in [0.4, 0.5) is 0 Å². The molecule has 5 nitrogen and oxygen atoms in total. The molecule has 0 fully saturated rings. The van der Waals surface area contributed by atoms with Crippen molar-refractivity contribution in [3.8, 4) is 0 Å². The quantitative estimate of drug-likeness (QED) is 0.408. The first-order chi connectivity index (χ1) is 16.9. The van der Waals surface area contributed by atoms with Crippen LogP contribution in [-0.2, 0) is 21.2 Å². The number of amides is 1. The molecule has 36 heavy (non-hydrogen) atoms. The van der Waals surface area contributed by atoms with Crippen LogP contribution in [0.15, 0.2) is 59.5 Å². The molecule has 0 spiro atoms. The molecule has 1 amide bonds. The van der Waals surface area contributed by atoms with Gasteiger partial charge in [0.25, 0.3) is 0 Å². The normalized spacial score (nSPS) is 12.6. The van der Waals surface area contributed by atoms with Crippen molar-refractivity contribution in [2.45, 2.75) is 65.8 Å². The van der Waals surface area contributed by atoms with Crippen LogP contribution in [0, 0.1) is 41.5 Å². The number of sulfonamides is 1. The number of carbonyl (C=O) groups excluding carboxylic acids is 1. The van der Waals surface area contributed by atoms with Gasteiger partial charge >= 0.3 is 0 Å². The molecule has 1 N–H and O–H groups in total. The molecule has 0 saturated heterocycles. The molecular weight excluding hydrogens is 468 g/mol. The van der Waals surface area contributed by atoms with Crippen LogP contribution in [0.1, 0.15) is 57.5 Å². The number of benzene rings is 3. The van der Waals surface area contributed by atoms with Gasteiger partial charge in [-0.05, 0) is 93.8 Å². The lowest BCUT2D eigenvalue weighted by atomic mass is 9.96. The van der Waals surface area contributed by atoms with Crippen molar-refractivity contribution in [3.63, 3.8) is 0 Å². The van der Waals surface area contributed by atoms with Crippen LogP contribution < -0.4 is 5.32 Å². The van der Waals surface area contributed by atoms with Crippen molar-refractivity contribution < 1.29 is 13.2 Å². The Bertz CT molecular complexity index is 1330. The molecule has 0 aliphatic rings. The van der Waals surface area contributed by atoms with Crippen LogP contribution in [0.3, 0.4) is 0 Å². The largest absolute Gasteiger partial charge is 0.348 e. The Kier molecular flexibility index (Phi) is 8.75. The van der Waals surface area contributed by atoms with Crippen LogP contribution in [0.2, 0.25) is 0 Å². The molecule has 1 atom stereocenters. The van der Waals surface area contributed by atoms with Crippen LogP contribution in [-0.4, -0.2) is 31.7 Å². The fraction of sp³-hybridized carbons (Fsp3) is 0.367. The second kappa shape index (κ2) is 11.4. The molecule has 0 aromatic heterocycles. The molecule has 6 heteroatoms. The molecule has 0 bridgehead atoms. The van der Waals surface area contributed by atoms with E-state index in [0.717, 1.165) is 27.8 Å². The highest BCUT2D eigenvalue weighted by atomic mass is 32.2. The molecule has 0 saturated carbocycles. The number of rotatable bonds is 9. The summed E-state index contributed by atoms with van der Waals surface area (Å²) in [6.07, 6.45) is 0.517. The van der Waals surface area contributed by atoms with Gasteiger partial charge in [-0.3, -0.25) is 4.79 Å². The topological polar surface area (TPSA) is 66.5 Å². The summed E-state index contributed by atoms with van der Waals surface area (Å²) in [5.74, 6) is -0.320. The van der Waals surface area contributed by atoms with Crippen molar-refractivity contribution in [2.24, 2.45) is 0 Å². The maximum absolute atomic E-state index is 13.9. The summed E-state index contributed by atoms with van der Waals surface area (Å²) in [6, 6.07) is 17.5. The van der Waals surface area contributed by atoms with Gasteiger partial charge < -0.3 is 5.32 Å². The predicted octanol–water partition coefficient (Wildman–Crippen LogP) is 5.65. The van der Waals surface area contributed by atoms with Gasteiger partial charge in [-0.1, -0.05) is 60.2 Å². The maximum atomic E-state index is 13.9. The first-order valence-electron chi connectivity index (χ1n) is 12.4. The van der Waals surface area contributed by atoms with E-state index in [1.165, 1.54) is 9.87 Å². The zero-order valence-corrected chi connectivity index (χ0v) is 23.3. The molecule has 1 unspecified atom stereocenters. The van der Waals surface area contributed by atoms with Crippen LogP contribution in [0.5, 0.6) is 0 Å². The molecule has 3 rings (SSSR count). The van der Waals surface area contributed by atoms with Gasteiger partial charge in [-0.15, -0.1) is 0 Å². The van der Waals surface area contributed by atoms with Gasteiger partial charge in [0, 0.05) is 6.54 Å². The molecule has 0 aliphatic heterocycles. The fourth-order valence-corrected chi connectivity index (χ4v) is 6.67. The third-order valence-electron chi connectivity index (χ3n) is 6.74. The van der Waals surface area contributed by atoms with E-state index in [4.69, 9.17) is 0 Å². The summed E-state index contributed by atoms with van der Waals surface area (Å²) in [4.78, 5) is 13.5. The average molecular weight is 507 g/mol. The number of hydrogen-bond acceptors (Lipinski definition) is 3. The minimum Gasteiger partial charge on any atom is -0.348 e. The fourth-order valence-electron chi connectivity index (χ4n) is 4.86. The monoisotopic (exact) mass is 506 g/mol. The molecule has 0 heterocycles. The van der Waals surface area contributed by atoms with E-state index >= 15 is 0 Å². The van der Waals surface area contributed by atoms with Crippen molar-refractivity contribution in [1.82, 2.24) is 9.62 Å². The number of nitrogens with zero attached hydrogens (tertiary/aromatic N) is 1. The van der Waals surface area contributed by atoms with E-state index in [-0.39, 0.29) is 29.9 Å². The third-order valence-corrected chi connectivity index (χ3v) is 8.89. The third kappa shape index (κ3) is 6.42. The number of nitrogens with one attached hydrogen (secondary N) is 1. The Balaban J connectivity index is 1.88. The van der Waals surface area contributed by atoms with Crippen molar-refractivity contribution in [1.29, 1.82) is 0 Å². The van der Waals surface area contributed by atoms with E-state index in [2.05, 4.69) is 31.3 Å². The van der Waals surface area contributed by atoms with E-state index in [1.807, 2.05) is 77.1 Å². The first kappa shape index (κ1) is 27.6. The van der Waals surface area contributed by atoms with Gasteiger partial charge in [0.2, 0.25) is 15.9 Å². The maximum Gasteiger partial charge on any atom is 0.244 e. The molecule has 3 aromatic rings. The molecule has 0 aliphatic carbocycles. The van der Waals surface area contributed by atoms with Gasteiger partial charge in [0.15, 0.2) is 0 Å². The highest BCUT2D eigenvalue weighted by molar-refractivity contribution is 7.89. The zero-order chi connectivity index (χ0) is 26.6. The summed E-state index contributed by atoms with van der Waals surface area (Å²) in [7, 11) is -3.89. The van der Waals surface area contributed by atoms with Gasteiger partial charge in [0.1, 0.15) is 0 Å². The Morgan fingerprint density at radius 1 is 0.833 bits per heavy atom. The highest BCUT2D eigenvalue weighted by Crippen LogP contribution is 2.26. The van der Waals surface area contributed by atoms with E-state index in [1.54, 1.807) is 0 Å². The van der Waals surface area contributed by atoms with Gasteiger partial charge in [0.05, 0.1) is 17.5 Å². The van der Waals surface area contributed by atoms with E-state index in [9.17, 15) is 13.2 Å². The van der Waals surface area contributed by atoms with E-state index in [0.29, 0.717) is 17.5 Å². The Labute approximate surface area is 216 Å². The molecule has 3 aromatic carbocycles. The first-order valence-corrected chi connectivity index (χ1v) is 13.8. The molecule has 192 valence electrons. The van der Waals surface area contributed by atoms with E-state index < -0.39 is 10.0 Å². The standard InChI is InChI=1S/C30H38N2O3S/c1-20-15-24(5)30(25(6)16-20)36(34,35)32(14-13-27-11-9-8-10-12-27)19-29(33)31-26(7)28-18-22(3)21(2)17-23(28)4/h8-12,15-18,26H,13-14,19H2,1-7H3,(H,31,33). The van der Waals surface area contributed by atoms with Crippen LogP contribution in [0.25, 0.3) is 0 Å². The highest BCUT2D eigenvalue weighted by Gasteiger charge is 2.30. The lowest BCUT2D eigenvalue weighted by Crippen LogP contribution is -2.42. The molecule has 0 radical (unpaired) electrons. The Hall–Kier alpha value is -2.96.